The average molecular weight is 231 g/mol. The number of carbonyl (C=O) groups excluding carboxylic acids is 1. The van der Waals surface area contributed by atoms with Gasteiger partial charge in [-0.25, -0.2) is 4.79 Å². The Bertz CT molecular complexity index is 220. The highest BCUT2D eigenvalue weighted by molar-refractivity contribution is 5.69. The molecule has 94 valence electrons. The highest BCUT2D eigenvalue weighted by Crippen LogP contribution is 2.24. The monoisotopic (exact) mass is 231 g/mol. The number of aliphatic hydroxyl groups is 2. The molecule has 1 amide bonds. The summed E-state index contributed by atoms with van der Waals surface area (Å²) in [6, 6.07) is -0.423. The van der Waals surface area contributed by atoms with E-state index in [1.165, 1.54) is 4.90 Å². The van der Waals surface area contributed by atoms with Crippen molar-refractivity contribution in [1.29, 1.82) is 0 Å². The first-order valence-electron chi connectivity index (χ1n) is 5.77. The number of amides is 1. The summed E-state index contributed by atoms with van der Waals surface area (Å²) in [7, 11) is 0. The quantitative estimate of drug-likeness (QED) is 0.743. The molecule has 2 N–H and O–H groups in total. The van der Waals surface area contributed by atoms with E-state index >= 15 is 0 Å². The molecule has 1 fully saturated rings. The SMILES string of the molecule is CC(C)COC(=O)N1C(CO)CCC1CO. The maximum absolute atomic E-state index is 11.8. The van der Waals surface area contributed by atoms with Gasteiger partial charge in [0.2, 0.25) is 0 Å². The molecule has 2 unspecified atom stereocenters. The molecule has 5 nitrogen and oxygen atoms in total. The molecule has 16 heavy (non-hydrogen) atoms. The van der Waals surface area contributed by atoms with Crippen molar-refractivity contribution in [3.63, 3.8) is 0 Å². The van der Waals surface area contributed by atoms with Gasteiger partial charge >= 0.3 is 6.09 Å². The van der Waals surface area contributed by atoms with Crippen molar-refractivity contribution in [2.24, 2.45) is 5.92 Å². The third-order valence-electron chi connectivity index (χ3n) is 2.79. The second kappa shape index (κ2) is 6.06. The van der Waals surface area contributed by atoms with Gasteiger partial charge in [0.1, 0.15) is 0 Å². The maximum Gasteiger partial charge on any atom is 0.410 e. The molecule has 1 rings (SSSR count). The van der Waals surface area contributed by atoms with Crippen molar-refractivity contribution in [1.82, 2.24) is 4.90 Å². The minimum absolute atomic E-state index is 0.0761. The van der Waals surface area contributed by atoms with E-state index in [2.05, 4.69) is 0 Å². The number of rotatable bonds is 4. The van der Waals surface area contributed by atoms with Gasteiger partial charge < -0.3 is 14.9 Å². The Kier molecular flexibility index (Phi) is 5.02. The second-order valence-corrected chi connectivity index (χ2v) is 4.63. The normalized spacial score (nSPS) is 25.2. The van der Waals surface area contributed by atoms with Crippen LogP contribution < -0.4 is 0 Å². The van der Waals surface area contributed by atoms with Gasteiger partial charge in [-0.15, -0.1) is 0 Å². The summed E-state index contributed by atoms with van der Waals surface area (Å²) in [6.07, 6.45) is 1.01. The van der Waals surface area contributed by atoms with Gasteiger partial charge in [0.15, 0.2) is 0 Å². The van der Waals surface area contributed by atoms with Crippen molar-refractivity contribution in [3.8, 4) is 0 Å². The van der Waals surface area contributed by atoms with E-state index in [1.807, 2.05) is 13.8 Å². The highest BCUT2D eigenvalue weighted by Gasteiger charge is 2.37. The summed E-state index contributed by atoms with van der Waals surface area (Å²) in [5.41, 5.74) is 0. The molecular formula is C11H21NO4. The summed E-state index contributed by atoms with van der Waals surface area (Å²) >= 11 is 0. The van der Waals surface area contributed by atoms with E-state index in [0.717, 1.165) is 12.8 Å². The van der Waals surface area contributed by atoms with E-state index in [4.69, 9.17) is 14.9 Å². The molecule has 0 bridgehead atoms. The summed E-state index contributed by atoms with van der Waals surface area (Å²) in [4.78, 5) is 13.2. The Balaban J connectivity index is 2.55. The van der Waals surface area contributed by atoms with Gasteiger partial charge in [0.25, 0.3) is 0 Å². The zero-order valence-electron chi connectivity index (χ0n) is 9.93. The number of carbonyl (C=O) groups is 1. The highest BCUT2D eigenvalue weighted by atomic mass is 16.6. The molecular weight excluding hydrogens is 210 g/mol. The smallest absolute Gasteiger partial charge is 0.410 e. The van der Waals surface area contributed by atoms with Gasteiger partial charge in [0, 0.05) is 0 Å². The molecule has 5 heteroatoms. The topological polar surface area (TPSA) is 70.0 Å². The standard InChI is InChI=1S/C11H21NO4/c1-8(2)7-16-11(15)12-9(5-13)3-4-10(12)6-14/h8-10,13-14H,3-7H2,1-2H3. The molecule has 0 aromatic heterocycles. The third kappa shape index (κ3) is 3.09. The van der Waals surface area contributed by atoms with Crippen LogP contribution in [0.1, 0.15) is 26.7 Å². The molecule has 0 saturated carbocycles. The Morgan fingerprint density at radius 2 is 1.81 bits per heavy atom. The molecule has 0 radical (unpaired) electrons. The van der Waals surface area contributed by atoms with Crippen molar-refractivity contribution in [2.45, 2.75) is 38.8 Å². The van der Waals surface area contributed by atoms with Crippen molar-refractivity contribution in [2.75, 3.05) is 19.8 Å². The zero-order chi connectivity index (χ0) is 12.1. The summed E-state index contributed by atoms with van der Waals surface area (Å²) < 4.78 is 5.12. The summed E-state index contributed by atoms with van der Waals surface area (Å²) in [5.74, 6) is 0.284. The first-order chi connectivity index (χ1) is 7.60. The van der Waals surface area contributed by atoms with Crippen LogP contribution in [0.4, 0.5) is 4.79 Å². The van der Waals surface area contributed by atoms with E-state index in [-0.39, 0.29) is 31.2 Å². The van der Waals surface area contributed by atoms with Crippen molar-refractivity contribution in [3.05, 3.63) is 0 Å². The predicted octanol–water partition coefficient (Wildman–Crippen LogP) is 0.597. The minimum Gasteiger partial charge on any atom is -0.449 e. The van der Waals surface area contributed by atoms with E-state index in [9.17, 15) is 4.79 Å². The van der Waals surface area contributed by atoms with Gasteiger partial charge in [-0.3, -0.25) is 4.90 Å². The molecule has 0 spiro atoms. The molecule has 0 aromatic rings. The number of nitrogens with zero attached hydrogens (tertiary/aromatic N) is 1. The lowest BCUT2D eigenvalue weighted by Crippen LogP contribution is -2.44. The van der Waals surface area contributed by atoms with E-state index in [1.54, 1.807) is 0 Å². The van der Waals surface area contributed by atoms with Gasteiger partial charge in [0.05, 0.1) is 31.9 Å². The lowest BCUT2D eigenvalue weighted by atomic mass is 10.2. The maximum atomic E-state index is 11.8. The number of likely N-dealkylation sites (tertiary alicyclic amines) is 1. The molecule has 0 aromatic carbocycles. The first kappa shape index (κ1) is 13.3. The van der Waals surface area contributed by atoms with Crippen LogP contribution >= 0.6 is 0 Å². The third-order valence-corrected chi connectivity index (χ3v) is 2.79. The Morgan fingerprint density at radius 3 is 2.19 bits per heavy atom. The fourth-order valence-electron chi connectivity index (χ4n) is 1.93. The fourth-order valence-corrected chi connectivity index (χ4v) is 1.93. The second-order valence-electron chi connectivity index (χ2n) is 4.63. The van der Waals surface area contributed by atoms with Crippen LogP contribution in [0, 0.1) is 5.92 Å². The summed E-state index contributed by atoms with van der Waals surface area (Å²) in [6.45, 7) is 4.14. The predicted molar refractivity (Wildman–Crippen MR) is 59.0 cm³/mol. The summed E-state index contributed by atoms with van der Waals surface area (Å²) in [5, 5.41) is 18.3. The zero-order valence-corrected chi connectivity index (χ0v) is 9.93. The molecule has 1 aliphatic rings. The molecule has 1 heterocycles. The number of ether oxygens (including phenoxy) is 1. The van der Waals surface area contributed by atoms with Crippen LogP contribution in [0.2, 0.25) is 0 Å². The lowest BCUT2D eigenvalue weighted by Gasteiger charge is -2.27. The van der Waals surface area contributed by atoms with Crippen molar-refractivity contribution < 1.29 is 19.7 Å². The van der Waals surface area contributed by atoms with Crippen LogP contribution in [-0.4, -0.2) is 53.1 Å². The number of hydrogen-bond donors (Lipinski definition) is 2. The first-order valence-corrected chi connectivity index (χ1v) is 5.77. The van der Waals surface area contributed by atoms with Crippen LogP contribution in [0.25, 0.3) is 0 Å². The van der Waals surface area contributed by atoms with Crippen LogP contribution in [0.15, 0.2) is 0 Å². The Hall–Kier alpha value is -0.810. The van der Waals surface area contributed by atoms with Crippen LogP contribution in [0.5, 0.6) is 0 Å². The minimum atomic E-state index is -0.427. The fraction of sp³-hybridized carbons (Fsp3) is 0.909. The molecule has 1 saturated heterocycles. The van der Waals surface area contributed by atoms with E-state index < -0.39 is 6.09 Å². The largest absolute Gasteiger partial charge is 0.449 e. The van der Waals surface area contributed by atoms with Gasteiger partial charge in [-0.05, 0) is 18.8 Å². The molecule has 2 atom stereocenters. The molecule has 0 aliphatic carbocycles. The number of aliphatic hydroxyl groups excluding tert-OH is 2. The van der Waals surface area contributed by atoms with E-state index in [0.29, 0.717) is 6.61 Å². The van der Waals surface area contributed by atoms with Gasteiger partial charge in [-0.2, -0.15) is 0 Å². The van der Waals surface area contributed by atoms with Crippen molar-refractivity contribution >= 4 is 6.09 Å². The lowest BCUT2D eigenvalue weighted by molar-refractivity contribution is 0.0509. The van der Waals surface area contributed by atoms with Crippen LogP contribution in [-0.2, 0) is 4.74 Å². The average Bonchev–Trinajstić information content (AvgIpc) is 2.68. The Labute approximate surface area is 96.0 Å². The number of hydrogen-bond acceptors (Lipinski definition) is 4. The molecule has 1 aliphatic heterocycles. The van der Waals surface area contributed by atoms with Crippen LogP contribution in [0.3, 0.4) is 0 Å². The van der Waals surface area contributed by atoms with Gasteiger partial charge in [-0.1, -0.05) is 13.8 Å². The Morgan fingerprint density at radius 1 is 1.31 bits per heavy atom.